The lowest BCUT2D eigenvalue weighted by atomic mass is 10.6. The standard InChI is InChI=1S/C27H53NO13/c1-29-4-5-31-8-9-33-12-13-35-16-17-37-20-21-39-24-25-41-27-26-40-23-22-38-19-18-36-15-14-34-11-10-32-7-6-30-3-2-28/h3-27H2,1H3. The highest BCUT2D eigenvalue weighted by molar-refractivity contribution is 4.65. The minimum Gasteiger partial charge on any atom is -0.382 e. The van der Waals surface area contributed by atoms with Crippen molar-refractivity contribution in [2.45, 2.75) is 0 Å². The van der Waals surface area contributed by atoms with E-state index >= 15 is 0 Å². The monoisotopic (exact) mass is 599 g/mol. The fraction of sp³-hybridized carbons (Fsp3) is 0.963. The van der Waals surface area contributed by atoms with Crippen LogP contribution >= 0.6 is 0 Å². The van der Waals surface area contributed by atoms with Crippen LogP contribution in [-0.4, -0.2) is 172 Å². The third-order valence-electron chi connectivity index (χ3n) is 4.69. The zero-order valence-electron chi connectivity index (χ0n) is 24.9. The zero-order valence-corrected chi connectivity index (χ0v) is 24.9. The van der Waals surface area contributed by atoms with Gasteiger partial charge in [-0.2, -0.15) is 5.26 Å². The SMILES string of the molecule is COCCOCCOCCOCCOCCOCCOCCOCCOCCOCCOCCOCCOCC#N. The van der Waals surface area contributed by atoms with Crippen molar-refractivity contribution >= 4 is 0 Å². The van der Waals surface area contributed by atoms with Gasteiger partial charge >= 0.3 is 0 Å². The van der Waals surface area contributed by atoms with Crippen molar-refractivity contribution < 1.29 is 61.6 Å². The molecule has 0 N–H and O–H groups in total. The summed E-state index contributed by atoms with van der Waals surface area (Å²) in [6.07, 6.45) is 0. The molecule has 0 heterocycles. The Morgan fingerprint density at radius 1 is 0.293 bits per heavy atom. The van der Waals surface area contributed by atoms with Crippen molar-refractivity contribution in [1.82, 2.24) is 0 Å². The highest BCUT2D eigenvalue weighted by Gasteiger charge is 1.96. The summed E-state index contributed by atoms with van der Waals surface area (Å²) in [6.45, 7) is 12.3. The van der Waals surface area contributed by atoms with Gasteiger partial charge in [0.2, 0.25) is 0 Å². The first kappa shape index (κ1) is 40.0. The largest absolute Gasteiger partial charge is 0.382 e. The lowest BCUT2D eigenvalue weighted by Gasteiger charge is -2.09. The second-order valence-corrected chi connectivity index (χ2v) is 7.94. The van der Waals surface area contributed by atoms with E-state index in [1.807, 2.05) is 6.07 Å². The summed E-state index contributed by atoms with van der Waals surface area (Å²) in [5.41, 5.74) is 0. The molecule has 0 aromatic carbocycles. The molecule has 14 nitrogen and oxygen atoms in total. The highest BCUT2D eigenvalue weighted by Crippen LogP contribution is 1.87. The molecule has 0 bridgehead atoms. The Balaban J connectivity index is 3.02. The minimum atomic E-state index is 0.0857. The van der Waals surface area contributed by atoms with Gasteiger partial charge in [0.25, 0.3) is 0 Å². The third-order valence-corrected chi connectivity index (χ3v) is 4.69. The topological polar surface area (TPSA) is 144 Å². The summed E-state index contributed by atoms with van der Waals surface area (Å²) >= 11 is 0. The fourth-order valence-electron chi connectivity index (χ4n) is 2.68. The van der Waals surface area contributed by atoms with E-state index in [0.717, 1.165) is 0 Å². The molecule has 0 amide bonds. The maximum Gasteiger partial charge on any atom is 0.133 e. The molecule has 0 fully saturated rings. The molecule has 0 aliphatic carbocycles. The average Bonchev–Trinajstić information content (AvgIpc) is 2.98. The first-order chi connectivity index (χ1) is 20.4. The molecule has 0 aliphatic rings. The molecule has 0 aromatic heterocycles. The Morgan fingerprint density at radius 3 is 0.634 bits per heavy atom. The molecule has 0 aliphatic heterocycles. The molecule has 0 saturated heterocycles. The molecule has 0 rings (SSSR count). The van der Waals surface area contributed by atoms with Gasteiger partial charge < -0.3 is 61.6 Å². The Bertz CT molecular complexity index is 514. The van der Waals surface area contributed by atoms with E-state index in [0.29, 0.717) is 159 Å². The van der Waals surface area contributed by atoms with Gasteiger partial charge in [0.05, 0.1) is 165 Å². The average molecular weight is 600 g/mol. The predicted octanol–water partition coefficient (Wildman–Crippen LogP) is 0.356. The predicted molar refractivity (Wildman–Crippen MR) is 147 cm³/mol. The Labute approximate surface area is 245 Å². The van der Waals surface area contributed by atoms with Crippen molar-refractivity contribution in [2.24, 2.45) is 0 Å². The van der Waals surface area contributed by atoms with Crippen molar-refractivity contribution in [2.75, 3.05) is 172 Å². The van der Waals surface area contributed by atoms with Crippen molar-refractivity contribution in [1.29, 1.82) is 5.26 Å². The summed E-state index contributed by atoms with van der Waals surface area (Å²) in [7, 11) is 1.64. The fourth-order valence-corrected chi connectivity index (χ4v) is 2.68. The van der Waals surface area contributed by atoms with Crippen LogP contribution in [-0.2, 0) is 61.6 Å². The molecule has 41 heavy (non-hydrogen) atoms. The molecule has 0 atom stereocenters. The van der Waals surface area contributed by atoms with Crippen molar-refractivity contribution in [3.8, 4) is 6.07 Å². The number of methoxy groups -OCH3 is 1. The number of rotatable bonds is 37. The van der Waals surface area contributed by atoms with Gasteiger partial charge in [0, 0.05) is 7.11 Å². The van der Waals surface area contributed by atoms with Gasteiger partial charge in [0.15, 0.2) is 0 Å². The van der Waals surface area contributed by atoms with Gasteiger partial charge in [0.1, 0.15) is 6.61 Å². The van der Waals surface area contributed by atoms with Crippen LogP contribution in [0.3, 0.4) is 0 Å². The number of ether oxygens (including phenoxy) is 13. The maximum absolute atomic E-state index is 8.32. The van der Waals surface area contributed by atoms with Crippen LogP contribution < -0.4 is 0 Å². The number of nitrogens with zero attached hydrogens (tertiary/aromatic N) is 1. The lowest BCUT2D eigenvalue weighted by molar-refractivity contribution is -0.0286. The van der Waals surface area contributed by atoms with Gasteiger partial charge in [-0.05, 0) is 0 Å². The van der Waals surface area contributed by atoms with Crippen LogP contribution in [0.15, 0.2) is 0 Å². The lowest BCUT2D eigenvalue weighted by Crippen LogP contribution is -2.15. The Hall–Kier alpha value is -1.03. The quantitative estimate of drug-likeness (QED) is 0.0906. The van der Waals surface area contributed by atoms with E-state index in [9.17, 15) is 0 Å². The summed E-state index contributed by atoms with van der Waals surface area (Å²) in [5, 5.41) is 8.32. The molecule has 0 saturated carbocycles. The molecular formula is C27H53NO13. The number of hydrogen-bond acceptors (Lipinski definition) is 14. The molecule has 244 valence electrons. The van der Waals surface area contributed by atoms with E-state index in [1.54, 1.807) is 7.11 Å². The number of nitriles is 1. The van der Waals surface area contributed by atoms with Crippen molar-refractivity contribution in [3.05, 3.63) is 0 Å². The first-order valence-corrected chi connectivity index (χ1v) is 14.2. The minimum absolute atomic E-state index is 0.0857. The molecule has 0 aromatic rings. The highest BCUT2D eigenvalue weighted by atomic mass is 16.6. The zero-order chi connectivity index (χ0) is 29.6. The molecule has 0 spiro atoms. The van der Waals surface area contributed by atoms with E-state index in [2.05, 4.69) is 0 Å². The first-order valence-electron chi connectivity index (χ1n) is 14.2. The summed E-state index contributed by atoms with van der Waals surface area (Å²) in [6, 6.07) is 1.90. The Kier molecular flexibility index (Phi) is 38.0. The summed E-state index contributed by atoms with van der Waals surface area (Å²) in [4.78, 5) is 0. The third kappa shape index (κ3) is 39.0. The van der Waals surface area contributed by atoms with Crippen LogP contribution in [0.1, 0.15) is 0 Å². The van der Waals surface area contributed by atoms with Crippen LogP contribution in [0.4, 0.5) is 0 Å². The smallest absolute Gasteiger partial charge is 0.133 e. The van der Waals surface area contributed by atoms with E-state index in [4.69, 9.17) is 66.8 Å². The number of hydrogen-bond donors (Lipinski definition) is 0. The van der Waals surface area contributed by atoms with Crippen molar-refractivity contribution in [3.63, 3.8) is 0 Å². The summed E-state index contributed by atoms with van der Waals surface area (Å²) in [5.74, 6) is 0. The van der Waals surface area contributed by atoms with Gasteiger partial charge in [-0.15, -0.1) is 0 Å². The van der Waals surface area contributed by atoms with Gasteiger partial charge in [-0.3, -0.25) is 0 Å². The molecule has 0 radical (unpaired) electrons. The normalized spacial score (nSPS) is 11.3. The molecule has 14 heteroatoms. The Morgan fingerprint density at radius 2 is 0.463 bits per heavy atom. The second-order valence-electron chi connectivity index (χ2n) is 7.94. The van der Waals surface area contributed by atoms with E-state index in [1.165, 1.54) is 0 Å². The maximum atomic E-state index is 8.32. The second kappa shape index (κ2) is 39.0. The van der Waals surface area contributed by atoms with Crippen LogP contribution in [0.25, 0.3) is 0 Å². The van der Waals surface area contributed by atoms with Crippen LogP contribution in [0.2, 0.25) is 0 Å². The van der Waals surface area contributed by atoms with Crippen LogP contribution in [0.5, 0.6) is 0 Å². The molecular weight excluding hydrogens is 546 g/mol. The molecule has 0 unspecified atom stereocenters. The van der Waals surface area contributed by atoms with Gasteiger partial charge in [-0.25, -0.2) is 0 Å². The van der Waals surface area contributed by atoms with E-state index < -0.39 is 0 Å². The van der Waals surface area contributed by atoms with E-state index in [-0.39, 0.29) is 6.61 Å². The van der Waals surface area contributed by atoms with Gasteiger partial charge in [-0.1, -0.05) is 0 Å². The summed E-state index contributed by atoms with van der Waals surface area (Å²) < 4.78 is 69.3. The van der Waals surface area contributed by atoms with Crippen LogP contribution in [0, 0.1) is 11.3 Å².